The summed E-state index contributed by atoms with van der Waals surface area (Å²) in [6.45, 7) is 3.36. The fourth-order valence-corrected chi connectivity index (χ4v) is 1.49. The van der Waals surface area contributed by atoms with Crippen LogP contribution in [0.5, 0.6) is 5.88 Å². The van der Waals surface area contributed by atoms with E-state index in [4.69, 9.17) is 4.74 Å². The number of hydrogen-bond donors (Lipinski definition) is 2. The van der Waals surface area contributed by atoms with Crippen LogP contribution in [0.15, 0.2) is 30.6 Å². The van der Waals surface area contributed by atoms with Gasteiger partial charge in [-0.15, -0.1) is 0 Å². The molecule has 0 aliphatic carbocycles. The number of hydrogen-bond acceptors (Lipinski definition) is 4. The highest BCUT2D eigenvalue weighted by molar-refractivity contribution is 5.37. The van der Waals surface area contributed by atoms with Crippen LogP contribution >= 0.6 is 0 Å². The number of aromatic amines is 1. The van der Waals surface area contributed by atoms with Gasteiger partial charge in [0.1, 0.15) is 11.6 Å². The summed E-state index contributed by atoms with van der Waals surface area (Å²) >= 11 is 0. The lowest BCUT2D eigenvalue weighted by Crippen LogP contribution is -2.07. The van der Waals surface area contributed by atoms with E-state index in [0.29, 0.717) is 12.5 Å². The number of anilines is 1. The maximum absolute atomic E-state index is 5.33. The van der Waals surface area contributed by atoms with Gasteiger partial charge in [-0.1, -0.05) is 6.07 Å². The topological polar surface area (TPSA) is 62.8 Å². The molecule has 0 spiro atoms. The van der Waals surface area contributed by atoms with Crippen molar-refractivity contribution in [3.05, 3.63) is 36.4 Å². The highest BCUT2D eigenvalue weighted by Gasteiger charge is 1.98. The molecule has 0 radical (unpaired) electrons. The Labute approximate surface area is 100 Å². The van der Waals surface area contributed by atoms with Crippen molar-refractivity contribution in [1.82, 2.24) is 15.0 Å². The van der Waals surface area contributed by atoms with Gasteiger partial charge in [0.25, 0.3) is 0 Å². The van der Waals surface area contributed by atoms with Crippen molar-refractivity contribution in [2.24, 2.45) is 0 Å². The Bertz CT molecular complexity index is 442. The second-order valence-electron chi connectivity index (χ2n) is 3.51. The number of pyridine rings is 1. The van der Waals surface area contributed by atoms with Crippen LogP contribution in [0.25, 0.3) is 0 Å². The van der Waals surface area contributed by atoms with Gasteiger partial charge in [0.15, 0.2) is 0 Å². The van der Waals surface area contributed by atoms with Crippen LogP contribution in [0.4, 0.5) is 5.82 Å². The normalized spacial score (nSPS) is 10.2. The quantitative estimate of drug-likeness (QED) is 0.798. The van der Waals surface area contributed by atoms with E-state index in [-0.39, 0.29) is 0 Å². The Kier molecular flexibility index (Phi) is 3.96. The first-order chi connectivity index (χ1) is 8.38. The third-order valence-electron chi connectivity index (χ3n) is 2.24. The molecular formula is C12H16N4O. The molecule has 2 N–H and O–H groups in total. The molecule has 0 saturated carbocycles. The summed E-state index contributed by atoms with van der Waals surface area (Å²) in [5.41, 5.74) is 0. The van der Waals surface area contributed by atoms with E-state index in [1.165, 1.54) is 0 Å². The Balaban J connectivity index is 1.84. The maximum atomic E-state index is 5.33. The maximum Gasteiger partial charge on any atom is 0.215 e. The molecule has 5 nitrogen and oxygen atoms in total. The summed E-state index contributed by atoms with van der Waals surface area (Å²) in [6, 6.07) is 5.69. The van der Waals surface area contributed by atoms with Crippen LogP contribution in [0, 0.1) is 0 Å². The summed E-state index contributed by atoms with van der Waals surface area (Å²) in [5.74, 6) is 2.44. The summed E-state index contributed by atoms with van der Waals surface area (Å²) in [6.07, 6.45) is 4.42. The average Bonchev–Trinajstić information content (AvgIpc) is 2.83. The predicted molar refractivity (Wildman–Crippen MR) is 66.2 cm³/mol. The summed E-state index contributed by atoms with van der Waals surface area (Å²) in [4.78, 5) is 11.5. The third kappa shape index (κ3) is 3.48. The van der Waals surface area contributed by atoms with E-state index in [2.05, 4.69) is 20.3 Å². The number of rotatable bonds is 6. The fraction of sp³-hybridized carbons (Fsp3) is 0.333. The van der Waals surface area contributed by atoms with Gasteiger partial charge in [0.05, 0.1) is 6.61 Å². The van der Waals surface area contributed by atoms with E-state index < -0.39 is 0 Å². The molecule has 0 aliphatic heterocycles. The van der Waals surface area contributed by atoms with E-state index in [0.717, 1.165) is 24.6 Å². The molecule has 2 aromatic heterocycles. The molecule has 0 saturated heterocycles. The lowest BCUT2D eigenvalue weighted by molar-refractivity contribution is 0.327. The number of H-pyrrole nitrogens is 1. The van der Waals surface area contributed by atoms with Gasteiger partial charge < -0.3 is 15.0 Å². The van der Waals surface area contributed by atoms with E-state index in [1.54, 1.807) is 6.20 Å². The van der Waals surface area contributed by atoms with Crippen LogP contribution in [-0.4, -0.2) is 28.1 Å². The minimum absolute atomic E-state index is 0.628. The summed E-state index contributed by atoms with van der Waals surface area (Å²) in [7, 11) is 0. The molecule has 0 atom stereocenters. The molecule has 2 rings (SSSR count). The third-order valence-corrected chi connectivity index (χ3v) is 2.24. The Morgan fingerprint density at radius 3 is 3.12 bits per heavy atom. The van der Waals surface area contributed by atoms with Crippen molar-refractivity contribution in [3.63, 3.8) is 0 Å². The summed E-state index contributed by atoms with van der Waals surface area (Å²) < 4.78 is 5.33. The van der Waals surface area contributed by atoms with Crippen LogP contribution in [0.2, 0.25) is 0 Å². The molecular weight excluding hydrogens is 216 g/mol. The van der Waals surface area contributed by atoms with Gasteiger partial charge in [-0.25, -0.2) is 4.98 Å². The molecule has 17 heavy (non-hydrogen) atoms. The van der Waals surface area contributed by atoms with Gasteiger partial charge in [0.2, 0.25) is 5.88 Å². The molecule has 0 amide bonds. The van der Waals surface area contributed by atoms with Gasteiger partial charge in [-0.05, 0) is 13.0 Å². The highest BCUT2D eigenvalue weighted by Crippen LogP contribution is 2.11. The molecule has 0 fully saturated rings. The van der Waals surface area contributed by atoms with Gasteiger partial charge >= 0.3 is 0 Å². The second-order valence-corrected chi connectivity index (χ2v) is 3.51. The van der Waals surface area contributed by atoms with Crippen molar-refractivity contribution >= 4 is 5.82 Å². The first-order valence-electron chi connectivity index (χ1n) is 5.70. The van der Waals surface area contributed by atoms with Crippen LogP contribution < -0.4 is 10.1 Å². The Morgan fingerprint density at radius 1 is 1.41 bits per heavy atom. The number of nitrogens with one attached hydrogen (secondary N) is 2. The average molecular weight is 232 g/mol. The molecule has 90 valence electrons. The fourth-order valence-electron chi connectivity index (χ4n) is 1.49. The van der Waals surface area contributed by atoms with Crippen molar-refractivity contribution in [3.8, 4) is 5.88 Å². The van der Waals surface area contributed by atoms with Crippen molar-refractivity contribution < 1.29 is 4.74 Å². The zero-order chi connectivity index (χ0) is 11.9. The van der Waals surface area contributed by atoms with Crippen LogP contribution in [0.3, 0.4) is 0 Å². The monoisotopic (exact) mass is 232 g/mol. The van der Waals surface area contributed by atoms with Crippen molar-refractivity contribution in [2.75, 3.05) is 18.5 Å². The molecule has 0 bridgehead atoms. The Morgan fingerprint density at radius 2 is 2.35 bits per heavy atom. The molecule has 0 aromatic carbocycles. The number of aromatic nitrogens is 3. The van der Waals surface area contributed by atoms with Gasteiger partial charge in [-0.3, -0.25) is 0 Å². The van der Waals surface area contributed by atoms with E-state index in [1.807, 2.05) is 31.3 Å². The zero-order valence-corrected chi connectivity index (χ0v) is 9.81. The van der Waals surface area contributed by atoms with E-state index in [9.17, 15) is 0 Å². The highest BCUT2D eigenvalue weighted by atomic mass is 16.5. The van der Waals surface area contributed by atoms with Crippen molar-refractivity contribution in [1.29, 1.82) is 0 Å². The number of imidazole rings is 1. The molecule has 2 aromatic rings. The zero-order valence-electron chi connectivity index (χ0n) is 9.81. The smallest absolute Gasteiger partial charge is 0.215 e. The minimum Gasteiger partial charge on any atom is -0.478 e. The van der Waals surface area contributed by atoms with Gasteiger partial charge in [0, 0.05) is 31.4 Å². The molecule has 2 heterocycles. The van der Waals surface area contributed by atoms with E-state index >= 15 is 0 Å². The Hall–Kier alpha value is -2.04. The van der Waals surface area contributed by atoms with Gasteiger partial charge in [-0.2, -0.15) is 4.98 Å². The molecule has 0 unspecified atom stereocenters. The number of nitrogens with zero attached hydrogens (tertiary/aromatic N) is 2. The lowest BCUT2D eigenvalue weighted by Gasteiger charge is -2.06. The second kappa shape index (κ2) is 5.89. The lowest BCUT2D eigenvalue weighted by atomic mass is 10.4. The minimum atomic E-state index is 0.628. The first kappa shape index (κ1) is 11.4. The van der Waals surface area contributed by atoms with Crippen LogP contribution in [0.1, 0.15) is 12.7 Å². The summed E-state index contributed by atoms with van der Waals surface area (Å²) in [5, 5.41) is 3.23. The number of ether oxygens (including phenoxy) is 1. The molecule has 5 heteroatoms. The molecule has 0 aliphatic rings. The SMILES string of the molecule is CCOc1cccc(NCCc2ncc[nH]2)n1. The largest absolute Gasteiger partial charge is 0.478 e. The van der Waals surface area contributed by atoms with Crippen LogP contribution in [-0.2, 0) is 6.42 Å². The predicted octanol–water partition coefficient (Wildman–Crippen LogP) is 1.86. The van der Waals surface area contributed by atoms with Crippen molar-refractivity contribution in [2.45, 2.75) is 13.3 Å². The first-order valence-corrected chi connectivity index (χ1v) is 5.70. The standard InChI is InChI=1S/C12H16N4O/c1-2-17-12-5-3-4-11(16-12)13-7-6-10-14-8-9-15-10/h3-5,8-9H,2,6-7H2,1H3,(H,13,16)(H,14,15).